The third kappa shape index (κ3) is 2.23. The first kappa shape index (κ1) is 13.1. The summed E-state index contributed by atoms with van der Waals surface area (Å²) in [5.74, 6) is -2.41. The molecular weight excluding hydrogens is 330 g/mol. The number of hydrogen-bond acceptors (Lipinski definition) is 4. The Kier molecular flexibility index (Phi) is 3.36. The number of pyridine rings is 1. The van der Waals surface area contributed by atoms with E-state index in [9.17, 15) is 19.6 Å². The van der Waals surface area contributed by atoms with Crippen molar-refractivity contribution >= 4 is 28.4 Å². The van der Waals surface area contributed by atoms with Gasteiger partial charge in [0.2, 0.25) is 5.75 Å². The number of aromatic hydroxyl groups is 1. The van der Waals surface area contributed by atoms with Crippen LogP contribution in [0.15, 0.2) is 0 Å². The van der Waals surface area contributed by atoms with E-state index in [0.29, 0.717) is 0 Å². The quantitative estimate of drug-likeness (QED) is 0.369. The molecule has 0 fully saturated rings. The normalized spacial score (nSPS) is 11.6. The molecule has 0 bridgehead atoms. The molecule has 0 atom stereocenters. The Morgan fingerprint density at radius 1 is 1.50 bits per heavy atom. The molecule has 1 rings (SSSR count). The molecule has 0 saturated carbocycles. The van der Waals surface area contributed by atoms with E-state index in [1.165, 1.54) is 0 Å². The van der Waals surface area contributed by atoms with Gasteiger partial charge in [0.1, 0.15) is 0 Å². The second-order valence-electron chi connectivity index (χ2n) is 4.27. The highest BCUT2D eigenvalue weighted by Gasteiger charge is 2.33. The predicted molar refractivity (Wildman–Crippen MR) is 63.9 cm³/mol. The van der Waals surface area contributed by atoms with Crippen LogP contribution in [0, 0.1) is 19.6 Å². The first-order valence-corrected chi connectivity index (χ1v) is 5.47. The van der Waals surface area contributed by atoms with Crippen molar-refractivity contribution in [3.05, 3.63) is 25.2 Å². The average molecular weight is 340 g/mol. The van der Waals surface area contributed by atoms with Gasteiger partial charge in [0.25, 0.3) is 0 Å². The van der Waals surface area contributed by atoms with Crippen molar-refractivity contribution in [2.24, 2.45) is 0 Å². The van der Waals surface area contributed by atoms with Crippen LogP contribution in [0.5, 0.6) is 5.75 Å². The zero-order chi connectivity index (χ0) is 12.7. The standard InChI is InChI=1S/C9H10FIN2O3/c1-9(2,3)4-5(11)6(14)7(10)12-8(4)13(15)16/h14H,1-3H3. The molecule has 7 heteroatoms. The summed E-state index contributed by atoms with van der Waals surface area (Å²) in [6.45, 7) is 5.20. The van der Waals surface area contributed by atoms with Crippen molar-refractivity contribution in [3.63, 3.8) is 0 Å². The summed E-state index contributed by atoms with van der Waals surface area (Å²) in [7, 11) is 0. The van der Waals surface area contributed by atoms with Gasteiger partial charge in [0, 0.05) is 0 Å². The molecule has 88 valence electrons. The molecule has 1 heterocycles. The van der Waals surface area contributed by atoms with Crippen molar-refractivity contribution in [3.8, 4) is 5.75 Å². The minimum absolute atomic E-state index is 0.129. The monoisotopic (exact) mass is 340 g/mol. The molecule has 1 aromatic heterocycles. The van der Waals surface area contributed by atoms with Gasteiger partial charge in [0.15, 0.2) is 0 Å². The summed E-state index contributed by atoms with van der Waals surface area (Å²) in [5, 5.41) is 20.2. The Hall–Kier alpha value is -0.990. The molecule has 5 nitrogen and oxygen atoms in total. The lowest BCUT2D eigenvalue weighted by molar-refractivity contribution is -0.391. The third-order valence-electron chi connectivity index (χ3n) is 1.97. The van der Waals surface area contributed by atoms with E-state index in [-0.39, 0.29) is 9.13 Å². The van der Waals surface area contributed by atoms with E-state index in [4.69, 9.17) is 0 Å². The Morgan fingerprint density at radius 3 is 2.38 bits per heavy atom. The number of halogens is 2. The molecule has 0 aromatic carbocycles. The van der Waals surface area contributed by atoms with Crippen LogP contribution in [-0.4, -0.2) is 15.0 Å². The number of rotatable bonds is 1. The predicted octanol–water partition coefficient (Wildman–Crippen LogP) is 2.74. The lowest BCUT2D eigenvalue weighted by atomic mass is 9.87. The summed E-state index contributed by atoms with van der Waals surface area (Å²) < 4.78 is 13.2. The molecule has 16 heavy (non-hydrogen) atoms. The largest absolute Gasteiger partial charge is 0.501 e. The number of aromatic nitrogens is 1. The molecule has 0 aliphatic rings. The molecule has 0 aliphatic carbocycles. The molecule has 0 saturated heterocycles. The minimum Gasteiger partial charge on any atom is -0.501 e. The van der Waals surface area contributed by atoms with Crippen LogP contribution in [0.25, 0.3) is 0 Å². The third-order valence-corrected chi connectivity index (χ3v) is 3.02. The topological polar surface area (TPSA) is 76.3 Å². The highest BCUT2D eigenvalue weighted by atomic mass is 127. The lowest BCUT2D eigenvalue weighted by Crippen LogP contribution is -2.17. The zero-order valence-corrected chi connectivity index (χ0v) is 11.1. The second kappa shape index (κ2) is 4.11. The molecular formula is C9H10FIN2O3. The first-order valence-electron chi connectivity index (χ1n) is 4.39. The van der Waals surface area contributed by atoms with Gasteiger partial charge in [-0.25, -0.2) is 0 Å². The number of nitro groups is 1. The minimum atomic E-state index is -1.22. The Morgan fingerprint density at radius 2 is 2.00 bits per heavy atom. The van der Waals surface area contributed by atoms with E-state index in [1.807, 2.05) is 0 Å². The fourth-order valence-corrected chi connectivity index (χ4v) is 2.58. The number of hydrogen-bond donors (Lipinski definition) is 1. The Bertz CT molecular complexity index is 457. The zero-order valence-electron chi connectivity index (χ0n) is 8.91. The van der Waals surface area contributed by atoms with Gasteiger partial charge in [-0.05, 0) is 37.9 Å². The Balaban J connectivity index is 3.68. The summed E-state index contributed by atoms with van der Waals surface area (Å²) >= 11 is 1.68. The number of nitrogens with zero attached hydrogens (tertiary/aromatic N) is 2. The van der Waals surface area contributed by atoms with Crippen molar-refractivity contribution in [1.82, 2.24) is 4.98 Å². The maximum Gasteiger partial charge on any atom is 0.371 e. The fourth-order valence-electron chi connectivity index (χ4n) is 1.31. The van der Waals surface area contributed by atoms with Crippen LogP contribution >= 0.6 is 22.6 Å². The van der Waals surface area contributed by atoms with E-state index < -0.39 is 27.9 Å². The van der Waals surface area contributed by atoms with Gasteiger partial charge >= 0.3 is 11.8 Å². The van der Waals surface area contributed by atoms with Crippen LogP contribution in [-0.2, 0) is 5.41 Å². The van der Waals surface area contributed by atoms with Crippen LogP contribution in [0.3, 0.4) is 0 Å². The molecule has 0 aliphatic heterocycles. The van der Waals surface area contributed by atoms with Crippen LogP contribution in [0.2, 0.25) is 0 Å². The van der Waals surface area contributed by atoms with Crippen molar-refractivity contribution in [1.29, 1.82) is 0 Å². The maximum absolute atomic E-state index is 13.1. The average Bonchev–Trinajstić information content (AvgIpc) is 2.10. The van der Waals surface area contributed by atoms with Crippen molar-refractivity contribution < 1.29 is 14.4 Å². The molecule has 1 N–H and O–H groups in total. The van der Waals surface area contributed by atoms with E-state index in [2.05, 4.69) is 4.98 Å². The van der Waals surface area contributed by atoms with Crippen molar-refractivity contribution in [2.45, 2.75) is 26.2 Å². The first-order chi connectivity index (χ1) is 7.16. The highest BCUT2D eigenvalue weighted by Crippen LogP contribution is 2.38. The molecule has 0 radical (unpaired) electrons. The highest BCUT2D eigenvalue weighted by molar-refractivity contribution is 14.1. The van der Waals surface area contributed by atoms with Gasteiger partial charge in [0.05, 0.1) is 9.13 Å². The van der Waals surface area contributed by atoms with Crippen LogP contribution in [0.4, 0.5) is 10.2 Å². The van der Waals surface area contributed by atoms with Gasteiger partial charge in [-0.15, -0.1) is 0 Å². The van der Waals surface area contributed by atoms with Crippen molar-refractivity contribution in [2.75, 3.05) is 0 Å². The van der Waals surface area contributed by atoms with Gasteiger partial charge in [-0.2, -0.15) is 4.39 Å². The Labute approximate surface area is 105 Å². The SMILES string of the molecule is CC(C)(C)c1c([N+](=O)[O-])nc(F)c(O)c1I. The molecule has 0 spiro atoms. The summed E-state index contributed by atoms with van der Waals surface area (Å²) in [4.78, 5) is 13.2. The lowest BCUT2D eigenvalue weighted by Gasteiger charge is -2.20. The summed E-state index contributed by atoms with van der Waals surface area (Å²) in [5.41, 5.74) is -0.367. The van der Waals surface area contributed by atoms with Crippen LogP contribution in [0.1, 0.15) is 26.3 Å². The van der Waals surface area contributed by atoms with E-state index in [1.54, 1.807) is 43.4 Å². The molecule has 1 aromatic rings. The fraction of sp³-hybridized carbons (Fsp3) is 0.444. The maximum atomic E-state index is 13.1. The smallest absolute Gasteiger partial charge is 0.371 e. The van der Waals surface area contributed by atoms with E-state index >= 15 is 0 Å². The summed E-state index contributed by atoms with van der Waals surface area (Å²) in [6, 6.07) is 0. The molecule has 0 unspecified atom stereocenters. The summed E-state index contributed by atoms with van der Waals surface area (Å²) in [6.07, 6.45) is 0. The van der Waals surface area contributed by atoms with Gasteiger partial charge < -0.3 is 15.2 Å². The second-order valence-corrected chi connectivity index (χ2v) is 5.35. The van der Waals surface area contributed by atoms with Gasteiger partial charge in [-0.1, -0.05) is 20.8 Å². The van der Waals surface area contributed by atoms with E-state index in [0.717, 1.165) is 0 Å². The van der Waals surface area contributed by atoms with Gasteiger partial charge in [-0.3, -0.25) is 0 Å². The van der Waals surface area contributed by atoms with Crippen LogP contribution < -0.4 is 0 Å². The molecule has 0 amide bonds.